The smallest absolute Gasteiger partial charge is 0.264 e. The molecule has 8 atom stereocenters. The summed E-state index contributed by atoms with van der Waals surface area (Å²) in [6, 6.07) is 0. The van der Waals surface area contributed by atoms with Gasteiger partial charge in [-0.25, -0.2) is 0 Å². The third-order valence-electron chi connectivity index (χ3n) is 11.3. The van der Waals surface area contributed by atoms with Gasteiger partial charge in [-0.15, -0.1) is 0 Å². The number of rotatable bonds is 9. The maximum Gasteiger partial charge on any atom is 0.264 e. The van der Waals surface area contributed by atoms with Gasteiger partial charge >= 0.3 is 0 Å². The van der Waals surface area contributed by atoms with E-state index in [4.69, 9.17) is 4.18 Å². The molecule has 208 valence electrons. The van der Waals surface area contributed by atoms with Crippen molar-refractivity contribution in [3.8, 4) is 0 Å². The minimum atomic E-state index is -3.42. The maximum atomic E-state index is 11.9. The van der Waals surface area contributed by atoms with Crippen molar-refractivity contribution < 1.29 is 12.6 Å². The van der Waals surface area contributed by atoms with Crippen LogP contribution in [-0.2, 0) is 14.3 Å². The molecule has 0 saturated heterocycles. The number of likely N-dealkylation sites (N-methyl/N-ethyl adjacent to an activating group) is 1. The van der Waals surface area contributed by atoms with Gasteiger partial charge in [0, 0.05) is 6.54 Å². The molecule has 0 aromatic heterocycles. The van der Waals surface area contributed by atoms with Crippen molar-refractivity contribution in [2.45, 2.75) is 111 Å². The Balaban J connectivity index is 1.59. The molecule has 3 fully saturated rings. The predicted molar refractivity (Wildman–Crippen MR) is 150 cm³/mol. The molecule has 0 aromatic carbocycles. The van der Waals surface area contributed by atoms with Gasteiger partial charge in [-0.2, -0.15) is 8.42 Å². The van der Waals surface area contributed by atoms with Crippen LogP contribution in [0, 0.1) is 46.3 Å². The van der Waals surface area contributed by atoms with Gasteiger partial charge in [0.25, 0.3) is 10.1 Å². The molecule has 5 heteroatoms. The molecule has 0 radical (unpaired) electrons. The zero-order valence-corrected chi connectivity index (χ0v) is 25.4. The summed E-state index contributed by atoms with van der Waals surface area (Å²) in [5, 5.41) is 0. The predicted octanol–water partition coefficient (Wildman–Crippen LogP) is 7.30. The number of fused-ring (bicyclic) bond motifs is 5. The van der Waals surface area contributed by atoms with E-state index in [0.717, 1.165) is 61.3 Å². The lowest BCUT2D eigenvalue weighted by Crippen LogP contribution is -2.52. The number of nitrogens with zero attached hydrogens (tertiary/aromatic N) is 1. The van der Waals surface area contributed by atoms with Crippen molar-refractivity contribution in [2.75, 3.05) is 26.9 Å². The fourth-order valence-corrected chi connectivity index (χ4v) is 10.5. The normalized spacial score (nSPS) is 39.8. The highest BCUT2D eigenvalue weighted by atomic mass is 32.2. The molecule has 0 unspecified atom stereocenters. The summed E-state index contributed by atoms with van der Waals surface area (Å²) >= 11 is 0. The van der Waals surface area contributed by atoms with Gasteiger partial charge in [0.2, 0.25) is 0 Å². The molecular weight excluding hydrogens is 466 g/mol. The van der Waals surface area contributed by atoms with E-state index in [2.05, 4.69) is 53.6 Å². The van der Waals surface area contributed by atoms with Crippen molar-refractivity contribution in [3.05, 3.63) is 11.1 Å². The first-order valence-corrected chi connectivity index (χ1v) is 16.8. The van der Waals surface area contributed by atoms with Gasteiger partial charge in [0.05, 0.1) is 12.4 Å². The van der Waals surface area contributed by atoms with E-state index in [-0.39, 0.29) is 11.5 Å². The second-order valence-electron chi connectivity index (χ2n) is 14.5. The van der Waals surface area contributed by atoms with Crippen LogP contribution < -0.4 is 0 Å². The van der Waals surface area contributed by atoms with Crippen molar-refractivity contribution in [3.63, 3.8) is 0 Å². The maximum absolute atomic E-state index is 11.9. The van der Waals surface area contributed by atoms with E-state index in [1.54, 1.807) is 11.1 Å². The Morgan fingerprint density at radius 1 is 0.972 bits per heavy atom. The number of hydrogen-bond acceptors (Lipinski definition) is 4. The quantitative estimate of drug-likeness (QED) is 0.236. The van der Waals surface area contributed by atoms with Crippen LogP contribution in [0.3, 0.4) is 0 Å². The highest BCUT2D eigenvalue weighted by molar-refractivity contribution is 7.86. The first kappa shape index (κ1) is 28.6. The minimum absolute atomic E-state index is 0.187. The Morgan fingerprint density at radius 2 is 1.69 bits per heavy atom. The second kappa shape index (κ2) is 10.6. The minimum Gasteiger partial charge on any atom is -0.305 e. The van der Waals surface area contributed by atoms with Crippen molar-refractivity contribution in [2.24, 2.45) is 46.3 Å². The summed E-state index contributed by atoms with van der Waals surface area (Å²) in [4.78, 5) is 2.32. The topological polar surface area (TPSA) is 46.6 Å². The highest BCUT2D eigenvalue weighted by Crippen LogP contribution is 2.68. The van der Waals surface area contributed by atoms with Crippen LogP contribution >= 0.6 is 0 Å². The van der Waals surface area contributed by atoms with Gasteiger partial charge in [0.15, 0.2) is 0 Å². The van der Waals surface area contributed by atoms with Gasteiger partial charge in [-0.05, 0) is 112 Å². The molecule has 0 bridgehead atoms. The van der Waals surface area contributed by atoms with Crippen molar-refractivity contribution in [1.82, 2.24) is 4.90 Å². The van der Waals surface area contributed by atoms with Crippen molar-refractivity contribution in [1.29, 1.82) is 0 Å². The Morgan fingerprint density at radius 3 is 2.33 bits per heavy atom. The molecule has 0 heterocycles. The lowest BCUT2D eigenvalue weighted by molar-refractivity contribution is -0.0587. The summed E-state index contributed by atoms with van der Waals surface area (Å²) in [5.74, 6) is 4.90. The van der Waals surface area contributed by atoms with E-state index in [9.17, 15) is 8.42 Å². The van der Waals surface area contributed by atoms with E-state index in [1.807, 2.05) is 0 Å². The molecular formula is C31H55NO3S. The third-order valence-corrected chi connectivity index (χ3v) is 11.9. The molecule has 0 amide bonds. The van der Waals surface area contributed by atoms with Crippen LogP contribution in [0.4, 0.5) is 0 Å². The summed E-state index contributed by atoms with van der Waals surface area (Å²) in [5.41, 5.74) is 3.85. The van der Waals surface area contributed by atoms with Crippen LogP contribution in [0.15, 0.2) is 11.1 Å². The van der Waals surface area contributed by atoms with Crippen LogP contribution in [0.25, 0.3) is 0 Å². The van der Waals surface area contributed by atoms with Crippen LogP contribution in [-0.4, -0.2) is 46.3 Å². The molecule has 0 spiro atoms. The second-order valence-corrected chi connectivity index (χ2v) is 16.1. The van der Waals surface area contributed by atoms with Crippen LogP contribution in [0.1, 0.15) is 105 Å². The fourth-order valence-electron chi connectivity index (χ4n) is 9.80. The first-order chi connectivity index (χ1) is 16.7. The molecule has 3 saturated carbocycles. The first-order valence-electron chi connectivity index (χ1n) is 15.0. The molecule has 0 N–H and O–H groups in total. The van der Waals surface area contributed by atoms with E-state index >= 15 is 0 Å². The Labute approximate surface area is 223 Å². The Kier molecular flexibility index (Phi) is 8.46. The molecule has 4 rings (SSSR count). The molecule has 0 aromatic rings. The van der Waals surface area contributed by atoms with Gasteiger partial charge in [-0.3, -0.25) is 4.18 Å². The third kappa shape index (κ3) is 5.64. The standard InChI is InChI=1S/C31H55NO3S/c1-21(2)10-9-11-22(3)26-12-13-27-25-18-23(20-32(6)7)29-19-24(35-36(8,33)34)14-16-31(29,5)28(25)15-17-30(26,27)4/h21-22,24-28H,9-20H2,1-8H3/t22-,24+,25+,26-,27+,28+,30-,31-/m1/s1. The highest BCUT2D eigenvalue weighted by Gasteiger charge is 2.60. The van der Waals surface area contributed by atoms with Gasteiger partial charge in [-0.1, -0.05) is 65.0 Å². The fraction of sp³-hybridized carbons (Fsp3) is 0.935. The zero-order valence-electron chi connectivity index (χ0n) is 24.6. The molecule has 0 aliphatic heterocycles. The van der Waals surface area contributed by atoms with Crippen LogP contribution in [0.2, 0.25) is 0 Å². The van der Waals surface area contributed by atoms with Crippen molar-refractivity contribution >= 4 is 10.1 Å². The molecule has 36 heavy (non-hydrogen) atoms. The summed E-state index contributed by atoms with van der Waals surface area (Å²) in [7, 11) is 0.936. The summed E-state index contributed by atoms with van der Waals surface area (Å²) in [6.07, 6.45) is 14.7. The number of hydrogen-bond donors (Lipinski definition) is 0. The van der Waals surface area contributed by atoms with Gasteiger partial charge < -0.3 is 4.90 Å². The van der Waals surface area contributed by atoms with E-state index in [1.165, 1.54) is 57.6 Å². The largest absolute Gasteiger partial charge is 0.305 e. The SMILES string of the molecule is CC(C)CCC[C@@H](C)[C@H]1CC[C@H]2[C@@H]3CC(CN(C)C)=C4C[C@@H](OS(C)(=O)=O)CC[C@]4(C)[C@H]3CC[C@]12C. The lowest BCUT2D eigenvalue weighted by Gasteiger charge is -2.59. The molecule has 4 nitrogen and oxygen atoms in total. The lowest BCUT2D eigenvalue weighted by atomic mass is 9.46. The Hall–Kier alpha value is -0.390. The average Bonchev–Trinajstić information content (AvgIpc) is 3.10. The van der Waals surface area contributed by atoms with E-state index < -0.39 is 10.1 Å². The monoisotopic (exact) mass is 521 g/mol. The molecule has 4 aliphatic carbocycles. The summed E-state index contributed by atoms with van der Waals surface area (Å²) < 4.78 is 29.4. The Bertz CT molecular complexity index is 924. The zero-order chi connectivity index (χ0) is 26.5. The average molecular weight is 522 g/mol. The van der Waals surface area contributed by atoms with Gasteiger partial charge in [0.1, 0.15) is 0 Å². The molecule has 4 aliphatic rings. The van der Waals surface area contributed by atoms with Crippen LogP contribution in [0.5, 0.6) is 0 Å². The van der Waals surface area contributed by atoms with E-state index in [0.29, 0.717) is 5.41 Å². The summed E-state index contributed by atoms with van der Waals surface area (Å²) in [6.45, 7) is 13.5.